The van der Waals surface area contributed by atoms with Crippen molar-refractivity contribution in [3.05, 3.63) is 0 Å². The van der Waals surface area contributed by atoms with Gasteiger partial charge in [-0.25, -0.2) is 8.42 Å². The van der Waals surface area contributed by atoms with Crippen LogP contribution >= 0.6 is 0 Å². The molecule has 0 aromatic carbocycles. The van der Waals surface area contributed by atoms with E-state index >= 15 is 0 Å². The lowest BCUT2D eigenvalue weighted by Gasteiger charge is -2.40. The van der Waals surface area contributed by atoms with Crippen LogP contribution in [0.3, 0.4) is 0 Å². The third-order valence-electron chi connectivity index (χ3n) is 3.22. The maximum absolute atomic E-state index is 11.7. The second-order valence-corrected chi connectivity index (χ2v) is 6.96. The molecule has 1 aliphatic rings. The van der Waals surface area contributed by atoms with Gasteiger partial charge in [0.05, 0.1) is 6.26 Å². The van der Waals surface area contributed by atoms with Crippen LogP contribution in [0.25, 0.3) is 0 Å². The Kier molecular flexibility index (Phi) is 2.99. The highest BCUT2D eigenvalue weighted by Crippen LogP contribution is 2.38. The molecule has 0 bridgehead atoms. The molecule has 84 valence electrons. The van der Waals surface area contributed by atoms with Gasteiger partial charge in [-0.2, -0.15) is 4.31 Å². The van der Waals surface area contributed by atoms with Crippen LogP contribution in [-0.2, 0) is 10.0 Å². The molecule has 3 nitrogen and oxygen atoms in total. The highest BCUT2D eigenvalue weighted by Gasteiger charge is 2.45. The molecule has 1 aliphatic carbocycles. The zero-order valence-electron chi connectivity index (χ0n) is 9.74. The van der Waals surface area contributed by atoms with Gasteiger partial charge in [0.15, 0.2) is 0 Å². The summed E-state index contributed by atoms with van der Waals surface area (Å²) in [6.07, 6.45) is 3.35. The molecule has 0 heterocycles. The van der Waals surface area contributed by atoms with Gasteiger partial charge >= 0.3 is 0 Å². The molecule has 0 aliphatic heterocycles. The summed E-state index contributed by atoms with van der Waals surface area (Å²) in [5.74, 6) is 0.331. The van der Waals surface area contributed by atoms with E-state index in [1.54, 1.807) is 4.31 Å². The van der Waals surface area contributed by atoms with Crippen molar-refractivity contribution in [1.29, 1.82) is 0 Å². The molecule has 14 heavy (non-hydrogen) atoms. The molecule has 0 N–H and O–H groups in total. The maximum atomic E-state index is 11.7. The smallest absolute Gasteiger partial charge is 0.211 e. The molecule has 4 heteroatoms. The second kappa shape index (κ2) is 3.49. The summed E-state index contributed by atoms with van der Waals surface area (Å²) in [5, 5.41) is 0. The van der Waals surface area contributed by atoms with Gasteiger partial charge in [-0.1, -0.05) is 13.8 Å². The normalized spacial score (nSPS) is 19.4. The Morgan fingerprint density at radius 3 is 1.93 bits per heavy atom. The van der Waals surface area contributed by atoms with E-state index in [2.05, 4.69) is 13.8 Å². The lowest BCUT2D eigenvalue weighted by Crippen LogP contribution is -2.51. The summed E-state index contributed by atoms with van der Waals surface area (Å²) in [6, 6.07) is 0.252. The molecule has 0 saturated heterocycles. The average Bonchev–Trinajstić information content (AvgIpc) is 2.66. The van der Waals surface area contributed by atoms with Gasteiger partial charge in [0.25, 0.3) is 0 Å². The van der Waals surface area contributed by atoms with E-state index in [4.69, 9.17) is 0 Å². The Balaban J connectivity index is 2.99. The number of hydrogen-bond donors (Lipinski definition) is 0. The van der Waals surface area contributed by atoms with Crippen molar-refractivity contribution in [2.75, 3.05) is 6.26 Å². The van der Waals surface area contributed by atoms with Crippen LogP contribution in [0.5, 0.6) is 0 Å². The first kappa shape index (κ1) is 12.0. The van der Waals surface area contributed by atoms with Crippen LogP contribution in [0, 0.1) is 5.92 Å². The van der Waals surface area contributed by atoms with Crippen LogP contribution in [-0.4, -0.2) is 30.6 Å². The molecule has 1 fully saturated rings. The SMILES string of the molecule is CC(C)C(C)(C)N(C1CC1)S(C)(=O)=O. The Morgan fingerprint density at radius 2 is 1.71 bits per heavy atom. The second-order valence-electron chi connectivity index (χ2n) is 5.10. The standard InChI is InChI=1S/C10H21NO2S/c1-8(2)10(3,4)11(9-6-7-9)14(5,12)13/h8-9H,6-7H2,1-5H3. The molecule has 0 amide bonds. The van der Waals surface area contributed by atoms with E-state index in [1.807, 2.05) is 13.8 Å². The minimum Gasteiger partial charge on any atom is -0.212 e. The fraction of sp³-hybridized carbons (Fsp3) is 1.00. The molecule has 0 spiro atoms. The topological polar surface area (TPSA) is 37.4 Å². The summed E-state index contributed by atoms with van der Waals surface area (Å²) in [5.41, 5.74) is -0.269. The van der Waals surface area contributed by atoms with Crippen molar-refractivity contribution >= 4 is 10.0 Å². The Morgan fingerprint density at radius 1 is 1.29 bits per heavy atom. The third-order valence-corrected chi connectivity index (χ3v) is 4.70. The quantitative estimate of drug-likeness (QED) is 0.723. The molecular weight excluding hydrogens is 198 g/mol. The van der Waals surface area contributed by atoms with Gasteiger partial charge in [0.2, 0.25) is 10.0 Å². The highest BCUT2D eigenvalue weighted by atomic mass is 32.2. The van der Waals surface area contributed by atoms with Gasteiger partial charge in [-0.15, -0.1) is 0 Å². The first-order valence-corrected chi connectivity index (χ1v) is 7.01. The van der Waals surface area contributed by atoms with Gasteiger partial charge in [0, 0.05) is 11.6 Å². The van der Waals surface area contributed by atoms with Gasteiger partial charge < -0.3 is 0 Å². The first-order valence-electron chi connectivity index (χ1n) is 5.17. The van der Waals surface area contributed by atoms with E-state index in [0.717, 1.165) is 12.8 Å². The number of hydrogen-bond acceptors (Lipinski definition) is 2. The van der Waals surface area contributed by atoms with E-state index in [9.17, 15) is 8.42 Å². The predicted octanol–water partition coefficient (Wildman–Crippen LogP) is 1.85. The van der Waals surface area contributed by atoms with Crippen molar-refractivity contribution in [1.82, 2.24) is 4.31 Å². The van der Waals surface area contributed by atoms with Crippen molar-refractivity contribution in [2.45, 2.75) is 52.1 Å². The van der Waals surface area contributed by atoms with Crippen molar-refractivity contribution in [2.24, 2.45) is 5.92 Å². The van der Waals surface area contributed by atoms with Crippen LogP contribution in [0.4, 0.5) is 0 Å². The summed E-state index contributed by atoms with van der Waals surface area (Å²) in [6.45, 7) is 8.16. The maximum Gasteiger partial charge on any atom is 0.211 e. The van der Waals surface area contributed by atoms with Crippen molar-refractivity contribution in [3.8, 4) is 0 Å². The highest BCUT2D eigenvalue weighted by molar-refractivity contribution is 7.88. The van der Waals surface area contributed by atoms with E-state index in [-0.39, 0.29) is 11.6 Å². The Hall–Kier alpha value is -0.0900. The Labute approximate surface area is 87.5 Å². The summed E-state index contributed by atoms with van der Waals surface area (Å²) in [7, 11) is -3.07. The summed E-state index contributed by atoms with van der Waals surface area (Å²) >= 11 is 0. The molecule has 0 aromatic heterocycles. The molecule has 1 rings (SSSR count). The fourth-order valence-corrected chi connectivity index (χ4v) is 3.55. The van der Waals surface area contributed by atoms with Crippen LogP contribution in [0.15, 0.2) is 0 Å². The average molecular weight is 219 g/mol. The summed E-state index contributed by atoms with van der Waals surface area (Å²) in [4.78, 5) is 0. The number of nitrogens with zero attached hydrogens (tertiary/aromatic N) is 1. The first-order chi connectivity index (χ1) is 6.17. The number of rotatable bonds is 4. The lowest BCUT2D eigenvalue weighted by atomic mass is 9.90. The molecule has 0 atom stereocenters. The van der Waals surface area contributed by atoms with Crippen LogP contribution in [0.2, 0.25) is 0 Å². The van der Waals surface area contributed by atoms with Gasteiger partial charge in [-0.05, 0) is 32.6 Å². The monoisotopic (exact) mass is 219 g/mol. The summed E-state index contributed by atoms with van der Waals surface area (Å²) < 4.78 is 25.1. The zero-order chi connectivity index (χ0) is 11.1. The van der Waals surface area contributed by atoms with E-state index < -0.39 is 10.0 Å². The largest absolute Gasteiger partial charge is 0.212 e. The minimum absolute atomic E-state index is 0.252. The van der Waals surface area contributed by atoms with Gasteiger partial charge in [-0.3, -0.25) is 0 Å². The van der Waals surface area contributed by atoms with Crippen LogP contribution < -0.4 is 0 Å². The van der Waals surface area contributed by atoms with E-state index in [0.29, 0.717) is 5.92 Å². The number of sulfonamides is 1. The molecule has 1 saturated carbocycles. The predicted molar refractivity (Wildman–Crippen MR) is 58.6 cm³/mol. The van der Waals surface area contributed by atoms with Gasteiger partial charge in [0.1, 0.15) is 0 Å². The molecule has 0 unspecified atom stereocenters. The molecule has 0 aromatic rings. The zero-order valence-corrected chi connectivity index (χ0v) is 10.6. The minimum atomic E-state index is -3.07. The lowest BCUT2D eigenvalue weighted by molar-refractivity contribution is 0.159. The van der Waals surface area contributed by atoms with Crippen LogP contribution in [0.1, 0.15) is 40.5 Å². The van der Waals surface area contributed by atoms with Crippen molar-refractivity contribution < 1.29 is 8.42 Å². The molecule has 0 radical (unpaired) electrons. The molecular formula is C10H21NO2S. The fourth-order valence-electron chi connectivity index (χ4n) is 1.73. The third kappa shape index (κ3) is 2.28. The van der Waals surface area contributed by atoms with E-state index in [1.165, 1.54) is 6.26 Å². The Bertz CT molecular complexity index is 302. The van der Waals surface area contributed by atoms with Crippen molar-refractivity contribution in [3.63, 3.8) is 0 Å².